The van der Waals surface area contributed by atoms with Crippen LogP contribution in [0.2, 0.25) is 0 Å². The Kier molecular flexibility index (Phi) is 5.14. The van der Waals surface area contributed by atoms with Crippen LogP contribution in [0.5, 0.6) is 0 Å². The van der Waals surface area contributed by atoms with E-state index in [1.54, 1.807) is 0 Å². The number of carbonyl (C=O) groups excluding carboxylic acids is 1. The lowest BCUT2D eigenvalue weighted by molar-refractivity contribution is -0.151. The van der Waals surface area contributed by atoms with Crippen LogP contribution in [0.25, 0.3) is 5.65 Å². The molecule has 1 N–H and O–H groups in total. The number of benzene rings is 1. The minimum Gasteiger partial charge on any atom is -0.469 e. The number of nitrogens with zero attached hydrogens (tertiary/aromatic N) is 3. The predicted octanol–water partition coefficient (Wildman–Crippen LogP) is 4.05. The van der Waals surface area contributed by atoms with Gasteiger partial charge in [-0.1, -0.05) is 18.2 Å². The minimum absolute atomic E-state index is 0.0437. The van der Waals surface area contributed by atoms with Gasteiger partial charge in [0.05, 0.1) is 19.1 Å². The molecule has 1 aliphatic carbocycles. The van der Waals surface area contributed by atoms with Crippen molar-refractivity contribution in [1.29, 1.82) is 0 Å². The molecule has 3 aromatic rings. The molecule has 1 atom stereocenters. The third-order valence-electron chi connectivity index (χ3n) is 6.46. The van der Waals surface area contributed by atoms with E-state index >= 15 is 0 Å². The molecule has 158 valence electrons. The number of aromatic nitrogens is 3. The quantitative estimate of drug-likeness (QED) is 0.624. The van der Waals surface area contributed by atoms with Gasteiger partial charge in [0.15, 0.2) is 5.65 Å². The molecule has 0 amide bonds. The van der Waals surface area contributed by atoms with E-state index in [1.165, 1.54) is 7.11 Å². The highest BCUT2D eigenvalue weighted by Crippen LogP contribution is 2.45. The van der Waals surface area contributed by atoms with Gasteiger partial charge in [0.25, 0.3) is 0 Å². The van der Waals surface area contributed by atoms with Crippen molar-refractivity contribution in [1.82, 2.24) is 14.6 Å². The fraction of sp³-hybridized carbons (Fsp3) is 0.458. The first-order chi connectivity index (χ1) is 14.3. The van der Waals surface area contributed by atoms with E-state index < -0.39 is 5.41 Å². The molecule has 2 heterocycles. The van der Waals surface area contributed by atoms with E-state index in [4.69, 9.17) is 4.74 Å². The standard InChI is InChI=1S/C24H29N3O3/c1-14-6-7-17(12-18(14)13-28)20(24(3,4)23(29)30-5)19-10-11-27-21(15(19)2)25-26-22(27)16-8-9-16/h6-7,10-12,16,20,28H,8-9,13H2,1-5H3/t20-/m1/s1. The molecule has 0 unspecified atom stereocenters. The summed E-state index contributed by atoms with van der Waals surface area (Å²) in [4.78, 5) is 12.8. The molecule has 0 aliphatic heterocycles. The number of aliphatic hydroxyl groups excluding tert-OH is 1. The first kappa shape index (κ1) is 20.5. The maximum absolute atomic E-state index is 12.8. The van der Waals surface area contributed by atoms with Gasteiger partial charge >= 0.3 is 5.97 Å². The van der Waals surface area contributed by atoms with Gasteiger partial charge < -0.3 is 9.84 Å². The summed E-state index contributed by atoms with van der Waals surface area (Å²) in [5, 5.41) is 18.7. The number of hydrogen-bond donors (Lipinski definition) is 1. The second-order valence-electron chi connectivity index (χ2n) is 8.91. The first-order valence-electron chi connectivity index (χ1n) is 10.4. The van der Waals surface area contributed by atoms with Crippen molar-refractivity contribution in [3.63, 3.8) is 0 Å². The average Bonchev–Trinajstić information content (AvgIpc) is 3.48. The molecule has 2 aromatic heterocycles. The van der Waals surface area contributed by atoms with E-state index in [9.17, 15) is 9.90 Å². The third-order valence-corrected chi connectivity index (χ3v) is 6.46. The molecule has 0 spiro atoms. The Morgan fingerprint density at radius 3 is 2.63 bits per heavy atom. The third kappa shape index (κ3) is 3.29. The molecule has 1 fully saturated rings. The molecule has 1 saturated carbocycles. The Morgan fingerprint density at radius 2 is 2.00 bits per heavy atom. The maximum Gasteiger partial charge on any atom is 0.312 e. The summed E-state index contributed by atoms with van der Waals surface area (Å²) in [6.07, 6.45) is 4.34. The zero-order valence-electron chi connectivity index (χ0n) is 18.3. The average molecular weight is 408 g/mol. The van der Waals surface area contributed by atoms with Gasteiger partial charge in [0, 0.05) is 18.0 Å². The second-order valence-corrected chi connectivity index (χ2v) is 8.91. The number of carbonyl (C=O) groups is 1. The molecule has 30 heavy (non-hydrogen) atoms. The topological polar surface area (TPSA) is 76.7 Å². The molecule has 0 saturated heterocycles. The number of aliphatic hydroxyl groups is 1. The normalized spacial score (nSPS) is 15.4. The first-order valence-corrected chi connectivity index (χ1v) is 10.4. The van der Waals surface area contributed by atoms with E-state index in [0.29, 0.717) is 5.92 Å². The zero-order chi connectivity index (χ0) is 21.6. The highest BCUT2D eigenvalue weighted by molar-refractivity contribution is 5.78. The number of aryl methyl sites for hydroxylation is 2. The van der Waals surface area contributed by atoms with Crippen LogP contribution in [0.3, 0.4) is 0 Å². The molecule has 6 nitrogen and oxygen atoms in total. The lowest BCUT2D eigenvalue weighted by Gasteiger charge is -2.34. The minimum atomic E-state index is -0.820. The Labute approximate surface area is 176 Å². The monoisotopic (exact) mass is 407 g/mol. The number of hydrogen-bond acceptors (Lipinski definition) is 5. The summed E-state index contributed by atoms with van der Waals surface area (Å²) >= 11 is 0. The molecular weight excluding hydrogens is 378 g/mol. The second kappa shape index (κ2) is 7.51. The summed E-state index contributed by atoms with van der Waals surface area (Å²) in [5.74, 6) is 0.970. The predicted molar refractivity (Wildman–Crippen MR) is 114 cm³/mol. The van der Waals surface area contributed by atoms with Gasteiger partial charge in [-0.25, -0.2) is 0 Å². The SMILES string of the molecule is COC(=O)C(C)(C)[C@H](c1ccc(C)c(CO)c1)c1ccn2c(C3CC3)nnc2c1C. The van der Waals surface area contributed by atoms with E-state index in [2.05, 4.69) is 20.7 Å². The fourth-order valence-corrected chi connectivity index (χ4v) is 4.45. The largest absolute Gasteiger partial charge is 0.469 e. The van der Waals surface area contributed by atoms with Crippen molar-refractivity contribution in [2.24, 2.45) is 5.41 Å². The van der Waals surface area contributed by atoms with Crippen LogP contribution in [0.1, 0.15) is 72.2 Å². The van der Waals surface area contributed by atoms with Crippen molar-refractivity contribution in [2.45, 2.75) is 59.0 Å². The van der Waals surface area contributed by atoms with Gasteiger partial charge in [-0.3, -0.25) is 9.20 Å². The molecule has 6 heteroatoms. The van der Waals surface area contributed by atoms with Gasteiger partial charge in [-0.05, 0) is 74.4 Å². The van der Waals surface area contributed by atoms with Crippen molar-refractivity contribution in [3.8, 4) is 0 Å². The van der Waals surface area contributed by atoms with Crippen LogP contribution in [-0.4, -0.2) is 32.8 Å². The summed E-state index contributed by atoms with van der Waals surface area (Å²) in [6, 6.07) is 8.10. The molecule has 1 aromatic carbocycles. The van der Waals surface area contributed by atoms with E-state index in [1.807, 2.05) is 52.1 Å². The van der Waals surface area contributed by atoms with Gasteiger partial charge in [0.1, 0.15) is 5.82 Å². The number of fused-ring (bicyclic) bond motifs is 1. The van der Waals surface area contributed by atoms with Crippen LogP contribution >= 0.6 is 0 Å². The van der Waals surface area contributed by atoms with E-state index in [-0.39, 0.29) is 18.5 Å². The Balaban J connectivity index is 1.92. The van der Waals surface area contributed by atoms with Gasteiger partial charge in [0.2, 0.25) is 0 Å². The van der Waals surface area contributed by atoms with Gasteiger partial charge in [-0.2, -0.15) is 0 Å². The van der Waals surface area contributed by atoms with Crippen LogP contribution in [-0.2, 0) is 16.1 Å². The highest BCUT2D eigenvalue weighted by atomic mass is 16.5. The summed E-state index contributed by atoms with van der Waals surface area (Å²) in [5.41, 5.74) is 4.87. The molecule has 4 rings (SSSR count). The molecule has 0 bridgehead atoms. The summed E-state index contributed by atoms with van der Waals surface area (Å²) < 4.78 is 7.25. The van der Waals surface area contributed by atoms with Crippen LogP contribution in [0, 0.1) is 19.3 Å². The number of pyridine rings is 1. The number of rotatable bonds is 6. The number of methoxy groups -OCH3 is 1. The van der Waals surface area contributed by atoms with Crippen molar-refractivity contribution in [2.75, 3.05) is 7.11 Å². The molecular formula is C24H29N3O3. The molecule has 1 aliphatic rings. The van der Waals surface area contributed by atoms with Gasteiger partial charge in [-0.15, -0.1) is 10.2 Å². The Hall–Kier alpha value is -2.73. The van der Waals surface area contributed by atoms with Crippen LogP contribution < -0.4 is 0 Å². The Morgan fingerprint density at radius 1 is 1.27 bits per heavy atom. The van der Waals surface area contributed by atoms with Crippen molar-refractivity contribution < 1.29 is 14.6 Å². The number of esters is 1. The lowest BCUT2D eigenvalue weighted by atomic mass is 9.70. The number of ether oxygens (including phenoxy) is 1. The van der Waals surface area contributed by atoms with Crippen LogP contribution in [0.4, 0.5) is 0 Å². The lowest BCUT2D eigenvalue weighted by Crippen LogP contribution is -2.34. The zero-order valence-corrected chi connectivity index (χ0v) is 18.3. The maximum atomic E-state index is 12.8. The van der Waals surface area contributed by atoms with Crippen molar-refractivity contribution >= 4 is 11.6 Å². The Bertz CT molecular complexity index is 1110. The smallest absolute Gasteiger partial charge is 0.312 e. The highest BCUT2D eigenvalue weighted by Gasteiger charge is 2.41. The van der Waals surface area contributed by atoms with Crippen LogP contribution in [0.15, 0.2) is 30.5 Å². The van der Waals surface area contributed by atoms with E-state index in [0.717, 1.165) is 52.1 Å². The summed E-state index contributed by atoms with van der Waals surface area (Å²) in [6.45, 7) is 7.79. The fourth-order valence-electron chi connectivity index (χ4n) is 4.45. The van der Waals surface area contributed by atoms with Crippen molar-refractivity contribution in [3.05, 3.63) is 64.1 Å². The molecule has 0 radical (unpaired) electrons. The summed E-state index contributed by atoms with van der Waals surface area (Å²) in [7, 11) is 1.42.